The molecule has 1 aliphatic heterocycles. The number of aryl methyl sites for hydroxylation is 2. The Bertz CT molecular complexity index is 782. The van der Waals surface area contributed by atoms with Crippen LogP contribution in [0.5, 0.6) is 0 Å². The van der Waals surface area contributed by atoms with Crippen LogP contribution in [0.4, 0.5) is 0 Å². The van der Waals surface area contributed by atoms with Gasteiger partial charge >= 0.3 is 5.69 Å². The van der Waals surface area contributed by atoms with E-state index < -0.39 is 0 Å². The first kappa shape index (κ1) is 16.8. The minimum Gasteiger partial charge on any atom is -0.343 e. The predicted molar refractivity (Wildman–Crippen MR) is 94.7 cm³/mol. The Morgan fingerprint density at radius 1 is 1.25 bits per heavy atom. The quantitative estimate of drug-likeness (QED) is 0.919. The number of fused-ring (bicyclic) bond motifs is 1. The number of hydrogen-bond donors (Lipinski definition) is 1. The second-order valence-corrected chi connectivity index (χ2v) is 6.81. The molecule has 1 aromatic heterocycles. The van der Waals surface area contributed by atoms with Gasteiger partial charge in [-0.2, -0.15) is 0 Å². The van der Waals surface area contributed by atoms with Crippen molar-refractivity contribution in [2.45, 2.75) is 38.8 Å². The van der Waals surface area contributed by atoms with Crippen LogP contribution in [0.1, 0.15) is 26.2 Å². The van der Waals surface area contributed by atoms with E-state index in [0.717, 1.165) is 37.0 Å². The number of para-hydroxylation sites is 2. The Balaban J connectivity index is 1.66. The highest BCUT2D eigenvalue weighted by Crippen LogP contribution is 2.20. The third kappa shape index (κ3) is 3.11. The van der Waals surface area contributed by atoms with E-state index >= 15 is 0 Å². The number of carbonyl (C=O) groups excluding carboxylic acids is 1. The van der Waals surface area contributed by atoms with Crippen LogP contribution in [-0.4, -0.2) is 39.1 Å². The fourth-order valence-electron chi connectivity index (χ4n) is 3.62. The summed E-state index contributed by atoms with van der Waals surface area (Å²) < 4.78 is 3.33. The molecular formula is C18H26N4O2. The molecule has 3 rings (SSSR count). The zero-order valence-corrected chi connectivity index (χ0v) is 14.4. The Morgan fingerprint density at radius 3 is 2.50 bits per heavy atom. The summed E-state index contributed by atoms with van der Waals surface area (Å²) >= 11 is 0. The van der Waals surface area contributed by atoms with Crippen molar-refractivity contribution < 1.29 is 4.79 Å². The van der Waals surface area contributed by atoms with Gasteiger partial charge in [-0.1, -0.05) is 12.1 Å². The summed E-state index contributed by atoms with van der Waals surface area (Å²) in [6.07, 6.45) is 2.30. The molecule has 2 aromatic rings. The standard InChI is InChI=1S/C18H26N4O2/c1-13(19)14-7-10-21(11-8-14)17(23)9-12-22-16-6-4-3-5-15(16)20(2)18(22)24/h3-6,13-14H,7-12,19H2,1-2H3. The number of amides is 1. The third-order valence-corrected chi connectivity index (χ3v) is 5.24. The smallest absolute Gasteiger partial charge is 0.328 e. The Hall–Kier alpha value is -2.08. The number of benzene rings is 1. The number of nitrogens with two attached hydrogens (primary N) is 1. The van der Waals surface area contributed by atoms with Gasteiger partial charge in [0, 0.05) is 39.1 Å². The highest BCUT2D eigenvalue weighted by Gasteiger charge is 2.24. The van der Waals surface area contributed by atoms with Crippen molar-refractivity contribution >= 4 is 16.9 Å². The van der Waals surface area contributed by atoms with E-state index in [-0.39, 0.29) is 17.6 Å². The van der Waals surface area contributed by atoms with Crippen molar-refractivity contribution in [2.24, 2.45) is 18.7 Å². The maximum absolute atomic E-state index is 12.5. The lowest BCUT2D eigenvalue weighted by Gasteiger charge is -2.33. The number of likely N-dealkylation sites (tertiary alicyclic amines) is 1. The summed E-state index contributed by atoms with van der Waals surface area (Å²) in [5.41, 5.74) is 7.66. The molecule has 0 radical (unpaired) electrons. The molecule has 2 heterocycles. The summed E-state index contributed by atoms with van der Waals surface area (Å²) in [7, 11) is 1.77. The molecule has 1 saturated heterocycles. The van der Waals surface area contributed by atoms with Gasteiger partial charge in [-0.3, -0.25) is 13.9 Å². The van der Waals surface area contributed by atoms with Crippen molar-refractivity contribution in [1.29, 1.82) is 0 Å². The molecule has 1 aliphatic rings. The second-order valence-electron chi connectivity index (χ2n) is 6.81. The highest BCUT2D eigenvalue weighted by atomic mass is 16.2. The van der Waals surface area contributed by atoms with E-state index in [1.54, 1.807) is 16.2 Å². The summed E-state index contributed by atoms with van der Waals surface area (Å²) in [5.74, 6) is 0.632. The van der Waals surface area contributed by atoms with E-state index in [9.17, 15) is 9.59 Å². The van der Waals surface area contributed by atoms with Crippen LogP contribution in [0, 0.1) is 5.92 Å². The molecule has 0 aliphatic carbocycles. The summed E-state index contributed by atoms with van der Waals surface area (Å²) in [6, 6.07) is 7.87. The molecule has 1 fully saturated rings. The van der Waals surface area contributed by atoms with Gasteiger partial charge in [0.15, 0.2) is 0 Å². The average Bonchev–Trinajstić information content (AvgIpc) is 2.84. The Labute approximate surface area is 141 Å². The van der Waals surface area contributed by atoms with Crippen LogP contribution >= 0.6 is 0 Å². The van der Waals surface area contributed by atoms with Crippen molar-refractivity contribution in [1.82, 2.24) is 14.0 Å². The van der Waals surface area contributed by atoms with E-state index in [1.807, 2.05) is 36.1 Å². The largest absolute Gasteiger partial charge is 0.343 e. The Kier molecular flexibility index (Phi) is 4.76. The van der Waals surface area contributed by atoms with Crippen LogP contribution in [0.3, 0.4) is 0 Å². The zero-order chi connectivity index (χ0) is 17.3. The van der Waals surface area contributed by atoms with Gasteiger partial charge in [-0.15, -0.1) is 0 Å². The fraction of sp³-hybridized carbons (Fsp3) is 0.556. The summed E-state index contributed by atoms with van der Waals surface area (Å²) in [4.78, 5) is 26.8. The molecule has 1 atom stereocenters. The molecule has 1 unspecified atom stereocenters. The lowest BCUT2D eigenvalue weighted by atomic mass is 9.91. The molecule has 0 saturated carbocycles. The second kappa shape index (κ2) is 6.81. The number of imidazole rings is 1. The molecule has 0 bridgehead atoms. The maximum Gasteiger partial charge on any atom is 0.328 e. The molecule has 24 heavy (non-hydrogen) atoms. The van der Waals surface area contributed by atoms with Crippen LogP contribution in [-0.2, 0) is 18.4 Å². The van der Waals surface area contributed by atoms with E-state index in [4.69, 9.17) is 5.73 Å². The van der Waals surface area contributed by atoms with Gasteiger partial charge in [0.1, 0.15) is 0 Å². The average molecular weight is 330 g/mol. The molecule has 130 valence electrons. The number of hydrogen-bond acceptors (Lipinski definition) is 3. The van der Waals surface area contributed by atoms with Gasteiger partial charge in [0.25, 0.3) is 0 Å². The highest BCUT2D eigenvalue weighted by molar-refractivity contribution is 5.78. The van der Waals surface area contributed by atoms with Crippen molar-refractivity contribution in [3.05, 3.63) is 34.7 Å². The molecule has 6 nitrogen and oxygen atoms in total. The lowest BCUT2D eigenvalue weighted by molar-refractivity contribution is -0.132. The molecule has 0 spiro atoms. The molecular weight excluding hydrogens is 304 g/mol. The van der Waals surface area contributed by atoms with Gasteiger partial charge in [0.2, 0.25) is 5.91 Å². The summed E-state index contributed by atoms with van der Waals surface area (Å²) in [5, 5.41) is 0. The Morgan fingerprint density at radius 2 is 1.88 bits per heavy atom. The van der Waals surface area contributed by atoms with Gasteiger partial charge in [-0.05, 0) is 37.8 Å². The van der Waals surface area contributed by atoms with Crippen LogP contribution in [0.25, 0.3) is 11.0 Å². The number of nitrogens with zero attached hydrogens (tertiary/aromatic N) is 3. The van der Waals surface area contributed by atoms with Gasteiger partial charge < -0.3 is 10.6 Å². The van der Waals surface area contributed by atoms with Crippen molar-refractivity contribution in [2.75, 3.05) is 13.1 Å². The topological polar surface area (TPSA) is 73.3 Å². The van der Waals surface area contributed by atoms with E-state index in [1.165, 1.54) is 0 Å². The monoisotopic (exact) mass is 330 g/mol. The van der Waals surface area contributed by atoms with Crippen LogP contribution in [0.15, 0.2) is 29.1 Å². The number of rotatable bonds is 4. The lowest BCUT2D eigenvalue weighted by Crippen LogP contribution is -2.42. The molecule has 2 N–H and O–H groups in total. The predicted octanol–water partition coefficient (Wildman–Crippen LogP) is 1.32. The third-order valence-electron chi connectivity index (χ3n) is 5.24. The fourth-order valence-corrected chi connectivity index (χ4v) is 3.62. The normalized spacial score (nSPS) is 17.4. The van der Waals surface area contributed by atoms with Gasteiger partial charge in [0.05, 0.1) is 11.0 Å². The molecule has 6 heteroatoms. The number of piperidine rings is 1. The SMILES string of the molecule is CC(N)C1CCN(C(=O)CCn2c(=O)n(C)c3ccccc32)CC1. The number of carbonyl (C=O) groups is 1. The van der Waals surface area contributed by atoms with E-state index in [0.29, 0.717) is 18.9 Å². The van der Waals surface area contributed by atoms with Crippen LogP contribution < -0.4 is 11.4 Å². The van der Waals surface area contributed by atoms with E-state index in [2.05, 4.69) is 0 Å². The maximum atomic E-state index is 12.5. The first-order chi connectivity index (χ1) is 11.5. The first-order valence-corrected chi connectivity index (χ1v) is 8.66. The minimum atomic E-state index is -0.0698. The number of aromatic nitrogens is 2. The zero-order valence-electron chi connectivity index (χ0n) is 14.4. The molecule has 1 aromatic carbocycles. The minimum absolute atomic E-state index is 0.0698. The van der Waals surface area contributed by atoms with Crippen LogP contribution in [0.2, 0.25) is 0 Å². The van der Waals surface area contributed by atoms with Gasteiger partial charge in [-0.25, -0.2) is 4.79 Å². The first-order valence-electron chi connectivity index (χ1n) is 8.66. The van der Waals surface area contributed by atoms with Crippen molar-refractivity contribution in [3.63, 3.8) is 0 Å². The summed E-state index contributed by atoms with van der Waals surface area (Å²) in [6.45, 7) is 4.01. The molecule has 1 amide bonds. The van der Waals surface area contributed by atoms with Crippen molar-refractivity contribution in [3.8, 4) is 0 Å².